The molecule has 3 aromatic rings. The third kappa shape index (κ3) is 3.59. The van der Waals surface area contributed by atoms with Gasteiger partial charge in [0, 0.05) is 12.4 Å². The molecule has 0 unspecified atom stereocenters. The molecule has 132 valence electrons. The molecule has 0 aliphatic carbocycles. The van der Waals surface area contributed by atoms with Gasteiger partial charge in [-0.1, -0.05) is 30.3 Å². The predicted molar refractivity (Wildman–Crippen MR) is 92.7 cm³/mol. The van der Waals surface area contributed by atoms with Crippen molar-refractivity contribution in [3.63, 3.8) is 0 Å². The van der Waals surface area contributed by atoms with Crippen LogP contribution in [0.2, 0.25) is 0 Å². The van der Waals surface area contributed by atoms with Gasteiger partial charge in [-0.2, -0.15) is 5.10 Å². The van der Waals surface area contributed by atoms with E-state index in [4.69, 9.17) is 0 Å². The highest BCUT2D eigenvalue weighted by atomic mass is 19.1. The van der Waals surface area contributed by atoms with Crippen molar-refractivity contribution in [2.24, 2.45) is 7.05 Å². The topological polar surface area (TPSA) is 93.1 Å². The van der Waals surface area contributed by atoms with Crippen molar-refractivity contribution in [2.45, 2.75) is 6.42 Å². The summed E-state index contributed by atoms with van der Waals surface area (Å²) >= 11 is 0. The highest BCUT2D eigenvalue weighted by Gasteiger charge is 2.16. The van der Waals surface area contributed by atoms with Crippen molar-refractivity contribution < 1.29 is 14.0 Å². The number of aromatic nitrogens is 2. The highest BCUT2D eigenvalue weighted by Crippen LogP contribution is 2.12. The summed E-state index contributed by atoms with van der Waals surface area (Å²) in [5, 5.41) is 4.72. The molecule has 0 saturated carbocycles. The van der Waals surface area contributed by atoms with Gasteiger partial charge in [-0.15, -0.1) is 0 Å². The zero-order chi connectivity index (χ0) is 18.7. The van der Waals surface area contributed by atoms with Gasteiger partial charge in [0.05, 0.1) is 11.8 Å². The average molecular weight is 354 g/mol. The Morgan fingerprint density at radius 2 is 1.69 bits per heavy atom. The lowest BCUT2D eigenvalue weighted by Crippen LogP contribution is -2.43. The van der Waals surface area contributed by atoms with Crippen LogP contribution in [0.25, 0.3) is 10.8 Å². The number of carbonyl (C=O) groups excluding carboxylic acids is 2. The molecule has 3 rings (SSSR count). The Morgan fingerprint density at radius 3 is 2.38 bits per heavy atom. The van der Waals surface area contributed by atoms with E-state index >= 15 is 0 Å². The second kappa shape index (κ2) is 7.14. The molecule has 2 aromatic carbocycles. The lowest BCUT2D eigenvalue weighted by molar-refractivity contribution is -0.121. The lowest BCUT2D eigenvalue weighted by atomic mass is 10.1. The fourth-order valence-electron chi connectivity index (χ4n) is 2.48. The number of carbonyl (C=O) groups is 2. The molecule has 8 heteroatoms. The van der Waals surface area contributed by atoms with E-state index in [9.17, 15) is 18.8 Å². The Morgan fingerprint density at radius 1 is 1.04 bits per heavy atom. The molecule has 7 nitrogen and oxygen atoms in total. The van der Waals surface area contributed by atoms with E-state index in [0.717, 1.165) is 4.68 Å². The maximum absolute atomic E-state index is 12.9. The van der Waals surface area contributed by atoms with Crippen LogP contribution in [0.15, 0.2) is 53.3 Å². The number of fused-ring (bicyclic) bond motifs is 1. The molecule has 0 atom stereocenters. The van der Waals surface area contributed by atoms with Crippen LogP contribution in [-0.2, 0) is 18.3 Å². The first-order valence-electron chi connectivity index (χ1n) is 7.75. The Bertz CT molecular complexity index is 1040. The van der Waals surface area contributed by atoms with E-state index in [1.165, 1.54) is 31.3 Å². The molecule has 0 aliphatic heterocycles. The van der Waals surface area contributed by atoms with Crippen LogP contribution < -0.4 is 16.4 Å². The van der Waals surface area contributed by atoms with Gasteiger partial charge >= 0.3 is 0 Å². The first-order valence-corrected chi connectivity index (χ1v) is 7.75. The molecule has 26 heavy (non-hydrogen) atoms. The summed E-state index contributed by atoms with van der Waals surface area (Å²) in [5.41, 5.74) is 4.86. The van der Waals surface area contributed by atoms with Crippen molar-refractivity contribution in [3.8, 4) is 0 Å². The second-order valence-corrected chi connectivity index (χ2v) is 5.63. The quantitative estimate of drug-likeness (QED) is 0.688. The summed E-state index contributed by atoms with van der Waals surface area (Å²) < 4.78 is 13.9. The van der Waals surface area contributed by atoms with Crippen LogP contribution in [0.1, 0.15) is 16.1 Å². The normalized spacial score (nSPS) is 10.5. The standard InChI is InChI=1S/C18H15FN4O3/c1-23-18(26)14-5-3-2-4-13(14)16(22-23)17(25)21-20-15(24)10-11-6-8-12(19)9-7-11/h2-9H,10H2,1H3,(H,20,24)(H,21,25). The first kappa shape index (κ1) is 17.3. The zero-order valence-electron chi connectivity index (χ0n) is 13.8. The van der Waals surface area contributed by atoms with Crippen LogP contribution in [0, 0.1) is 5.82 Å². The number of nitrogens with zero attached hydrogens (tertiary/aromatic N) is 2. The molecular weight excluding hydrogens is 339 g/mol. The molecule has 0 aliphatic rings. The molecule has 1 heterocycles. The Hall–Kier alpha value is -3.55. The van der Waals surface area contributed by atoms with Gasteiger partial charge in [0.1, 0.15) is 5.82 Å². The molecule has 0 bridgehead atoms. The van der Waals surface area contributed by atoms with Gasteiger partial charge in [-0.3, -0.25) is 25.2 Å². The van der Waals surface area contributed by atoms with E-state index in [1.807, 2.05) is 0 Å². The van der Waals surface area contributed by atoms with Crippen LogP contribution in [0.4, 0.5) is 4.39 Å². The molecule has 0 radical (unpaired) electrons. The van der Waals surface area contributed by atoms with Gasteiger partial charge in [0.2, 0.25) is 5.91 Å². The lowest BCUT2D eigenvalue weighted by Gasteiger charge is -2.10. The predicted octanol–water partition coefficient (Wildman–Crippen LogP) is 1.08. The van der Waals surface area contributed by atoms with Gasteiger partial charge < -0.3 is 0 Å². The zero-order valence-corrected chi connectivity index (χ0v) is 13.8. The Balaban J connectivity index is 1.73. The maximum Gasteiger partial charge on any atom is 0.290 e. The number of nitrogens with one attached hydrogen (secondary N) is 2. The fraction of sp³-hybridized carbons (Fsp3) is 0.111. The molecule has 0 saturated heterocycles. The number of halogens is 1. The number of rotatable bonds is 3. The van der Waals surface area contributed by atoms with E-state index in [2.05, 4.69) is 16.0 Å². The number of amides is 2. The molecular formula is C18H15FN4O3. The molecule has 2 N–H and O–H groups in total. The average Bonchev–Trinajstić information content (AvgIpc) is 2.64. The summed E-state index contributed by atoms with van der Waals surface area (Å²) in [6.07, 6.45) is -0.0258. The minimum atomic E-state index is -0.649. The summed E-state index contributed by atoms with van der Waals surface area (Å²) in [6.45, 7) is 0. The van der Waals surface area contributed by atoms with Crippen molar-refractivity contribution in [1.29, 1.82) is 0 Å². The number of hydrogen-bond acceptors (Lipinski definition) is 4. The number of hydrazine groups is 1. The van der Waals surface area contributed by atoms with E-state index in [0.29, 0.717) is 16.3 Å². The Kier molecular flexibility index (Phi) is 4.74. The maximum atomic E-state index is 12.9. The summed E-state index contributed by atoms with van der Waals surface area (Å²) in [6, 6.07) is 12.1. The van der Waals surface area contributed by atoms with Crippen molar-refractivity contribution in [3.05, 3.63) is 76.0 Å². The smallest absolute Gasteiger partial charge is 0.273 e. The number of hydrogen-bond donors (Lipinski definition) is 2. The number of aryl methyl sites for hydroxylation is 1. The third-order valence-corrected chi connectivity index (χ3v) is 3.76. The van der Waals surface area contributed by atoms with E-state index in [1.54, 1.807) is 24.3 Å². The van der Waals surface area contributed by atoms with Gasteiger partial charge in [-0.25, -0.2) is 9.07 Å². The van der Waals surface area contributed by atoms with Gasteiger partial charge in [-0.05, 0) is 23.8 Å². The monoisotopic (exact) mass is 354 g/mol. The van der Waals surface area contributed by atoms with Crippen molar-refractivity contribution >= 4 is 22.6 Å². The fourth-order valence-corrected chi connectivity index (χ4v) is 2.48. The van der Waals surface area contributed by atoms with Crippen molar-refractivity contribution in [1.82, 2.24) is 20.6 Å². The van der Waals surface area contributed by atoms with E-state index < -0.39 is 17.6 Å². The summed E-state index contributed by atoms with van der Waals surface area (Å²) in [5.74, 6) is -1.52. The molecule has 0 spiro atoms. The largest absolute Gasteiger partial charge is 0.290 e. The van der Waals surface area contributed by atoms with E-state index in [-0.39, 0.29) is 17.7 Å². The van der Waals surface area contributed by atoms with Crippen LogP contribution in [-0.4, -0.2) is 21.6 Å². The van der Waals surface area contributed by atoms with Crippen LogP contribution >= 0.6 is 0 Å². The van der Waals surface area contributed by atoms with Crippen LogP contribution in [0.5, 0.6) is 0 Å². The second-order valence-electron chi connectivity index (χ2n) is 5.63. The number of benzene rings is 2. The van der Waals surface area contributed by atoms with Gasteiger partial charge in [0.25, 0.3) is 11.5 Å². The van der Waals surface area contributed by atoms with Crippen LogP contribution in [0.3, 0.4) is 0 Å². The van der Waals surface area contributed by atoms with Gasteiger partial charge in [0.15, 0.2) is 5.69 Å². The SMILES string of the molecule is Cn1nc(C(=O)NNC(=O)Cc2ccc(F)cc2)c2ccccc2c1=O. The van der Waals surface area contributed by atoms with Crippen molar-refractivity contribution in [2.75, 3.05) is 0 Å². The highest BCUT2D eigenvalue weighted by molar-refractivity contribution is 6.05. The Labute approximate surface area is 147 Å². The summed E-state index contributed by atoms with van der Waals surface area (Å²) in [4.78, 5) is 36.4. The molecule has 2 amide bonds. The minimum Gasteiger partial charge on any atom is -0.273 e. The molecule has 0 fully saturated rings. The third-order valence-electron chi connectivity index (χ3n) is 3.76. The summed E-state index contributed by atoms with van der Waals surface area (Å²) in [7, 11) is 1.44. The first-order chi connectivity index (χ1) is 12.5. The molecule has 1 aromatic heterocycles. The minimum absolute atomic E-state index is 0.0183.